The first-order valence-electron chi connectivity index (χ1n) is 10.6. The SMILES string of the molecule is CC1CC2C3CC(C(OC(=O)c4ccccc4)C3OC(=O)c3ccccc3)C2C1=O. The molecule has 3 fully saturated rings. The van der Waals surface area contributed by atoms with Crippen molar-refractivity contribution in [3.8, 4) is 0 Å². The molecule has 0 radical (unpaired) electrons. The number of carbonyl (C=O) groups excluding carboxylic acids is 3. The lowest BCUT2D eigenvalue weighted by molar-refractivity contribution is -0.129. The van der Waals surface area contributed by atoms with Gasteiger partial charge in [0.2, 0.25) is 0 Å². The number of hydrogen-bond acceptors (Lipinski definition) is 5. The minimum atomic E-state index is -0.592. The first-order chi connectivity index (χ1) is 14.5. The van der Waals surface area contributed by atoms with Crippen molar-refractivity contribution >= 4 is 17.7 Å². The second-order valence-electron chi connectivity index (χ2n) is 8.76. The number of benzene rings is 2. The van der Waals surface area contributed by atoms with E-state index in [2.05, 4.69) is 0 Å². The Kier molecular flexibility index (Phi) is 4.69. The smallest absolute Gasteiger partial charge is 0.338 e. The highest BCUT2D eigenvalue weighted by Crippen LogP contribution is 2.60. The van der Waals surface area contributed by atoms with Gasteiger partial charge in [-0.3, -0.25) is 4.79 Å². The van der Waals surface area contributed by atoms with Crippen LogP contribution >= 0.6 is 0 Å². The fraction of sp³-hybridized carbons (Fsp3) is 0.400. The lowest BCUT2D eigenvalue weighted by atomic mass is 9.78. The van der Waals surface area contributed by atoms with Gasteiger partial charge in [0.05, 0.1) is 11.1 Å². The van der Waals surface area contributed by atoms with Gasteiger partial charge in [-0.15, -0.1) is 0 Å². The van der Waals surface area contributed by atoms with Gasteiger partial charge in [0.15, 0.2) is 0 Å². The molecule has 3 saturated carbocycles. The molecule has 154 valence electrons. The summed E-state index contributed by atoms with van der Waals surface area (Å²) in [6.45, 7) is 1.97. The van der Waals surface area contributed by atoms with Gasteiger partial charge in [-0.1, -0.05) is 43.3 Å². The van der Waals surface area contributed by atoms with Gasteiger partial charge in [-0.05, 0) is 43.0 Å². The van der Waals surface area contributed by atoms with Crippen LogP contribution in [0.25, 0.3) is 0 Å². The third-order valence-corrected chi connectivity index (χ3v) is 7.13. The maximum atomic E-state index is 12.8. The molecular weight excluding hydrogens is 380 g/mol. The van der Waals surface area contributed by atoms with Crippen LogP contribution in [0.5, 0.6) is 0 Å². The summed E-state index contributed by atoms with van der Waals surface area (Å²) in [5, 5.41) is 0. The number of carbonyl (C=O) groups is 3. The Morgan fingerprint density at radius 3 is 1.77 bits per heavy atom. The van der Waals surface area contributed by atoms with Crippen molar-refractivity contribution in [1.29, 1.82) is 0 Å². The Bertz CT molecular complexity index is 970. The molecule has 0 saturated heterocycles. The van der Waals surface area contributed by atoms with E-state index in [1.165, 1.54) is 0 Å². The van der Waals surface area contributed by atoms with Crippen molar-refractivity contribution < 1.29 is 23.9 Å². The van der Waals surface area contributed by atoms with Gasteiger partial charge in [-0.2, -0.15) is 0 Å². The molecule has 30 heavy (non-hydrogen) atoms. The standard InChI is InChI=1S/C25H24O5/c1-14-12-17-18-13-19(20(17)21(14)26)23(30-25(28)16-10-6-3-7-11-16)22(18)29-24(27)15-8-4-2-5-9-15/h2-11,14,17-20,22-23H,12-13H2,1H3. The zero-order valence-corrected chi connectivity index (χ0v) is 16.8. The van der Waals surface area contributed by atoms with E-state index in [4.69, 9.17) is 9.47 Å². The Labute approximate surface area is 175 Å². The van der Waals surface area contributed by atoms with E-state index >= 15 is 0 Å². The van der Waals surface area contributed by atoms with Crippen LogP contribution in [0, 0.1) is 29.6 Å². The molecule has 0 aliphatic heterocycles. The van der Waals surface area contributed by atoms with Crippen LogP contribution in [-0.4, -0.2) is 29.9 Å². The Morgan fingerprint density at radius 1 is 0.733 bits per heavy atom. The fourth-order valence-corrected chi connectivity index (χ4v) is 5.86. The quantitative estimate of drug-likeness (QED) is 0.722. The molecule has 5 heteroatoms. The molecule has 2 bridgehead atoms. The molecular formula is C25H24O5. The second-order valence-corrected chi connectivity index (χ2v) is 8.76. The van der Waals surface area contributed by atoms with Gasteiger partial charge in [0, 0.05) is 23.7 Å². The maximum Gasteiger partial charge on any atom is 0.338 e. The van der Waals surface area contributed by atoms with Crippen LogP contribution in [0.1, 0.15) is 40.5 Å². The van der Waals surface area contributed by atoms with Crippen LogP contribution in [0.3, 0.4) is 0 Å². The largest absolute Gasteiger partial charge is 0.455 e. The van der Waals surface area contributed by atoms with Gasteiger partial charge in [0.1, 0.15) is 18.0 Å². The normalized spacial score (nSPS) is 33.9. The van der Waals surface area contributed by atoms with Gasteiger partial charge in [-0.25, -0.2) is 9.59 Å². The van der Waals surface area contributed by atoms with E-state index in [0.29, 0.717) is 11.1 Å². The minimum absolute atomic E-state index is 0.0133. The molecule has 5 rings (SSSR count). The van der Waals surface area contributed by atoms with Crippen molar-refractivity contribution in [2.45, 2.75) is 32.0 Å². The lowest BCUT2D eigenvalue weighted by Gasteiger charge is -2.36. The van der Waals surface area contributed by atoms with Gasteiger partial charge >= 0.3 is 11.9 Å². The monoisotopic (exact) mass is 404 g/mol. The number of ether oxygens (including phenoxy) is 2. The van der Waals surface area contributed by atoms with E-state index in [1.807, 2.05) is 19.1 Å². The first kappa shape index (κ1) is 19.0. The molecule has 7 unspecified atom stereocenters. The third kappa shape index (κ3) is 3.04. The molecule has 5 nitrogen and oxygen atoms in total. The number of Topliss-reactive ketones (excluding diaryl/α,β-unsaturated/α-hetero) is 1. The van der Waals surface area contributed by atoms with E-state index in [0.717, 1.165) is 12.8 Å². The number of esters is 2. The summed E-state index contributed by atoms with van der Waals surface area (Å²) >= 11 is 0. The highest BCUT2D eigenvalue weighted by Gasteiger charge is 2.65. The Morgan fingerprint density at radius 2 is 1.23 bits per heavy atom. The van der Waals surface area contributed by atoms with E-state index < -0.39 is 24.1 Å². The van der Waals surface area contributed by atoms with Crippen LogP contribution in [0.15, 0.2) is 60.7 Å². The number of fused-ring (bicyclic) bond motifs is 5. The van der Waals surface area contributed by atoms with Crippen LogP contribution in [-0.2, 0) is 14.3 Å². The molecule has 0 N–H and O–H groups in total. The average molecular weight is 404 g/mol. The summed E-state index contributed by atoms with van der Waals surface area (Å²) in [5.74, 6) is -0.496. The van der Waals surface area contributed by atoms with Crippen LogP contribution in [0.2, 0.25) is 0 Å². The maximum absolute atomic E-state index is 12.8. The van der Waals surface area contributed by atoms with Crippen molar-refractivity contribution in [2.75, 3.05) is 0 Å². The average Bonchev–Trinajstić information content (AvgIpc) is 3.40. The number of ketones is 1. The summed E-state index contributed by atoms with van der Waals surface area (Å²) < 4.78 is 11.8. The van der Waals surface area contributed by atoms with E-state index in [1.54, 1.807) is 48.5 Å². The van der Waals surface area contributed by atoms with Crippen molar-refractivity contribution in [1.82, 2.24) is 0 Å². The second kappa shape index (κ2) is 7.38. The fourth-order valence-electron chi connectivity index (χ4n) is 5.86. The van der Waals surface area contributed by atoms with E-state index in [9.17, 15) is 14.4 Å². The molecule has 0 aromatic heterocycles. The molecule has 2 aromatic carbocycles. The molecule has 3 aliphatic rings. The van der Waals surface area contributed by atoms with Gasteiger partial charge < -0.3 is 9.47 Å². The summed E-state index contributed by atoms with van der Waals surface area (Å²) in [4.78, 5) is 38.3. The van der Waals surface area contributed by atoms with E-state index in [-0.39, 0.29) is 35.4 Å². The summed E-state index contributed by atoms with van der Waals surface area (Å²) in [7, 11) is 0. The zero-order chi connectivity index (χ0) is 20.8. The van der Waals surface area contributed by atoms with Crippen LogP contribution < -0.4 is 0 Å². The molecule has 3 aliphatic carbocycles. The molecule has 0 spiro atoms. The molecule has 0 heterocycles. The van der Waals surface area contributed by atoms with Crippen LogP contribution in [0.4, 0.5) is 0 Å². The van der Waals surface area contributed by atoms with Crippen molar-refractivity contribution in [3.63, 3.8) is 0 Å². The molecule has 0 amide bonds. The highest BCUT2D eigenvalue weighted by molar-refractivity contribution is 5.91. The Balaban J connectivity index is 1.42. The molecule has 7 atom stereocenters. The van der Waals surface area contributed by atoms with Gasteiger partial charge in [0.25, 0.3) is 0 Å². The lowest BCUT2D eigenvalue weighted by Crippen LogP contribution is -2.46. The summed E-state index contributed by atoms with van der Waals surface area (Å²) in [6, 6.07) is 17.6. The Hall–Kier alpha value is -2.95. The molecule has 2 aromatic rings. The first-order valence-corrected chi connectivity index (χ1v) is 10.6. The predicted octanol–water partition coefficient (Wildman–Crippen LogP) is 3.93. The van der Waals surface area contributed by atoms with Crippen molar-refractivity contribution in [3.05, 3.63) is 71.8 Å². The minimum Gasteiger partial charge on any atom is -0.455 e. The number of hydrogen-bond donors (Lipinski definition) is 0. The summed E-state index contributed by atoms with van der Waals surface area (Å²) in [6.07, 6.45) is 0.469. The van der Waals surface area contributed by atoms with Crippen molar-refractivity contribution in [2.24, 2.45) is 29.6 Å². The topological polar surface area (TPSA) is 69.7 Å². The number of rotatable bonds is 4. The predicted molar refractivity (Wildman–Crippen MR) is 109 cm³/mol. The third-order valence-electron chi connectivity index (χ3n) is 7.13. The summed E-state index contributed by atoms with van der Waals surface area (Å²) in [5.41, 5.74) is 0.928. The zero-order valence-electron chi connectivity index (χ0n) is 16.8. The highest BCUT2D eigenvalue weighted by atomic mass is 16.6.